The fourth-order valence-corrected chi connectivity index (χ4v) is 1.76. The van der Waals surface area contributed by atoms with Crippen LogP contribution >= 0.6 is 0 Å². The van der Waals surface area contributed by atoms with E-state index in [0.29, 0.717) is 0 Å². The molecule has 2 amide bonds. The Morgan fingerprint density at radius 2 is 1.91 bits per heavy atom. The number of amides is 2. The van der Waals surface area contributed by atoms with Gasteiger partial charge >= 0.3 is 6.18 Å². The molecule has 2 N–H and O–H groups in total. The first kappa shape index (κ1) is 16.6. The van der Waals surface area contributed by atoms with Gasteiger partial charge in [0.1, 0.15) is 6.04 Å². The zero-order chi connectivity index (χ0) is 17.0. The summed E-state index contributed by atoms with van der Waals surface area (Å²) in [6.07, 6.45) is -3.19. The smallest absolute Gasteiger partial charge is 0.416 e. The number of carbonyl (C=O) groups is 2. The van der Waals surface area contributed by atoms with Gasteiger partial charge in [0, 0.05) is 5.69 Å². The molecule has 1 aromatic heterocycles. The molecule has 23 heavy (non-hydrogen) atoms. The van der Waals surface area contributed by atoms with Crippen LogP contribution in [0.4, 0.5) is 18.9 Å². The van der Waals surface area contributed by atoms with Gasteiger partial charge in [0.2, 0.25) is 5.91 Å². The van der Waals surface area contributed by atoms with Gasteiger partial charge in [0.15, 0.2) is 5.76 Å². The standard InChI is InChI=1S/C15H13F3N2O3/c1-9(19-14(22)12-6-3-7-23-12)13(21)20-11-5-2-4-10(8-11)15(16,17)18/h2-9H,1H3,(H,19,22)(H,20,21). The summed E-state index contributed by atoms with van der Waals surface area (Å²) in [4.78, 5) is 23.7. The van der Waals surface area contributed by atoms with Crippen LogP contribution in [0, 0.1) is 0 Å². The lowest BCUT2D eigenvalue weighted by molar-refractivity contribution is -0.137. The molecule has 0 fully saturated rings. The largest absolute Gasteiger partial charge is 0.459 e. The Morgan fingerprint density at radius 1 is 1.17 bits per heavy atom. The third-order valence-corrected chi connectivity index (χ3v) is 2.94. The molecule has 0 aliphatic heterocycles. The Bertz CT molecular complexity index is 696. The second kappa shape index (κ2) is 6.55. The number of benzene rings is 1. The molecule has 0 saturated heterocycles. The zero-order valence-corrected chi connectivity index (χ0v) is 12.0. The van der Waals surface area contributed by atoms with Gasteiger partial charge in [-0.05, 0) is 37.3 Å². The molecular weight excluding hydrogens is 313 g/mol. The van der Waals surface area contributed by atoms with Crippen LogP contribution in [0.3, 0.4) is 0 Å². The number of hydrogen-bond acceptors (Lipinski definition) is 3. The normalized spacial score (nSPS) is 12.5. The number of anilines is 1. The summed E-state index contributed by atoms with van der Waals surface area (Å²) in [6, 6.07) is 6.21. The van der Waals surface area contributed by atoms with Crippen LogP contribution in [0.15, 0.2) is 47.1 Å². The van der Waals surface area contributed by atoms with E-state index in [2.05, 4.69) is 10.6 Å². The van der Waals surface area contributed by atoms with E-state index in [4.69, 9.17) is 4.42 Å². The summed E-state index contributed by atoms with van der Waals surface area (Å²) in [5.41, 5.74) is -0.883. The van der Waals surface area contributed by atoms with Crippen LogP contribution in [0.1, 0.15) is 23.0 Å². The Morgan fingerprint density at radius 3 is 2.52 bits per heavy atom. The van der Waals surface area contributed by atoms with E-state index < -0.39 is 29.6 Å². The molecule has 0 aliphatic rings. The fraction of sp³-hybridized carbons (Fsp3) is 0.200. The van der Waals surface area contributed by atoms with Gasteiger partial charge in [-0.3, -0.25) is 9.59 Å². The predicted molar refractivity (Wildman–Crippen MR) is 75.7 cm³/mol. The van der Waals surface area contributed by atoms with Crippen LogP contribution in [0.5, 0.6) is 0 Å². The number of alkyl halides is 3. The lowest BCUT2D eigenvalue weighted by Crippen LogP contribution is -2.41. The molecule has 2 rings (SSSR count). The van der Waals surface area contributed by atoms with E-state index in [1.54, 1.807) is 0 Å². The van der Waals surface area contributed by atoms with E-state index >= 15 is 0 Å². The molecule has 1 heterocycles. The van der Waals surface area contributed by atoms with E-state index in [9.17, 15) is 22.8 Å². The summed E-state index contributed by atoms with van der Waals surface area (Å²) < 4.78 is 42.7. The number of halogens is 3. The van der Waals surface area contributed by atoms with Gasteiger partial charge in [-0.15, -0.1) is 0 Å². The molecule has 0 bridgehead atoms. The second-order valence-corrected chi connectivity index (χ2v) is 4.74. The summed E-state index contributed by atoms with van der Waals surface area (Å²) in [5, 5.41) is 4.70. The SMILES string of the molecule is CC(NC(=O)c1ccco1)C(=O)Nc1cccc(C(F)(F)F)c1. The number of hydrogen-bond donors (Lipinski definition) is 2. The average Bonchev–Trinajstić information content (AvgIpc) is 3.00. The maximum Gasteiger partial charge on any atom is 0.416 e. The number of furan rings is 1. The molecule has 1 aromatic carbocycles. The van der Waals surface area contributed by atoms with Crippen molar-refractivity contribution in [1.82, 2.24) is 5.32 Å². The summed E-state index contributed by atoms with van der Waals surface area (Å²) >= 11 is 0. The van der Waals surface area contributed by atoms with Crippen LogP contribution in [0.2, 0.25) is 0 Å². The number of rotatable bonds is 4. The number of carbonyl (C=O) groups excluding carboxylic acids is 2. The van der Waals surface area contributed by atoms with Crippen molar-refractivity contribution in [3.05, 3.63) is 54.0 Å². The van der Waals surface area contributed by atoms with Crippen molar-refractivity contribution in [1.29, 1.82) is 0 Å². The maximum atomic E-state index is 12.6. The van der Waals surface area contributed by atoms with Gasteiger partial charge in [0.05, 0.1) is 11.8 Å². The molecule has 0 spiro atoms. The monoisotopic (exact) mass is 326 g/mol. The highest BCUT2D eigenvalue weighted by molar-refractivity contribution is 5.99. The highest BCUT2D eigenvalue weighted by Gasteiger charge is 2.30. The van der Waals surface area contributed by atoms with Gasteiger partial charge in [-0.2, -0.15) is 13.2 Å². The van der Waals surface area contributed by atoms with Gasteiger partial charge < -0.3 is 15.1 Å². The highest BCUT2D eigenvalue weighted by Crippen LogP contribution is 2.30. The van der Waals surface area contributed by atoms with E-state index in [-0.39, 0.29) is 11.4 Å². The Balaban J connectivity index is 2.00. The Labute approximate surface area is 129 Å². The van der Waals surface area contributed by atoms with Crippen LogP contribution in [0.25, 0.3) is 0 Å². The molecule has 122 valence electrons. The molecule has 5 nitrogen and oxygen atoms in total. The molecule has 1 unspecified atom stereocenters. The van der Waals surface area contributed by atoms with Gasteiger partial charge in [-0.25, -0.2) is 0 Å². The molecule has 8 heteroatoms. The van der Waals surface area contributed by atoms with Crippen molar-refractivity contribution in [2.45, 2.75) is 19.1 Å². The van der Waals surface area contributed by atoms with Crippen molar-refractivity contribution in [2.75, 3.05) is 5.32 Å². The van der Waals surface area contributed by atoms with Crippen LogP contribution in [-0.4, -0.2) is 17.9 Å². The van der Waals surface area contributed by atoms with Crippen molar-refractivity contribution < 1.29 is 27.2 Å². The second-order valence-electron chi connectivity index (χ2n) is 4.74. The number of nitrogens with one attached hydrogen (secondary N) is 2. The summed E-state index contributed by atoms with van der Waals surface area (Å²) in [7, 11) is 0. The van der Waals surface area contributed by atoms with Gasteiger partial charge in [-0.1, -0.05) is 6.07 Å². The van der Waals surface area contributed by atoms with Gasteiger partial charge in [0.25, 0.3) is 5.91 Å². The lowest BCUT2D eigenvalue weighted by atomic mass is 10.2. The molecular formula is C15H13F3N2O3. The molecule has 0 aliphatic carbocycles. The quantitative estimate of drug-likeness (QED) is 0.907. The van der Waals surface area contributed by atoms with E-state index in [1.807, 2.05) is 0 Å². The molecule has 0 saturated carbocycles. The molecule has 1 atom stereocenters. The first-order valence-corrected chi connectivity index (χ1v) is 6.60. The predicted octanol–water partition coefficient (Wildman–Crippen LogP) is 3.06. The van der Waals surface area contributed by atoms with Crippen LogP contribution < -0.4 is 10.6 Å². The third-order valence-electron chi connectivity index (χ3n) is 2.94. The lowest BCUT2D eigenvalue weighted by Gasteiger charge is -2.14. The van der Waals surface area contributed by atoms with Crippen molar-refractivity contribution in [3.8, 4) is 0 Å². The fourth-order valence-electron chi connectivity index (χ4n) is 1.76. The van der Waals surface area contributed by atoms with Crippen LogP contribution in [-0.2, 0) is 11.0 Å². The summed E-state index contributed by atoms with van der Waals surface area (Å²) in [5.74, 6) is -1.21. The minimum Gasteiger partial charge on any atom is -0.459 e. The minimum atomic E-state index is -4.50. The first-order valence-electron chi connectivity index (χ1n) is 6.60. The third kappa shape index (κ3) is 4.35. The van der Waals surface area contributed by atoms with E-state index in [0.717, 1.165) is 12.1 Å². The van der Waals surface area contributed by atoms with Crippen molar-refractivity contribution in [2.24, 2.45) is 0 Å². The topological polar surface area (TPSA) is 71.3 Å². The Hall–Kier alpha value is -2.77. The maximum absolute atomic E-state index is 12.6. The van der Waals surface area contributed by atoms with Crippen molar-refractivity contribution in [3.63, 3.8) is 0 Å². The molecule has 2 aromatic rings. The Kier molecular flexibility index (Phi) is 4.73. The highest BCUT2D eigenvalue weighted by atomic mass is 19.4. The van der Waals surface area contributed by atoms with E-state index in [1.165, 1.54) is 37.5 Å². The minimum absolute atomic E-state index is 0.0103. The first-order chi connectivity index (χ1) is 10.8. The zero-order valence-electron chi connectivity index (χ0n) is 12.0. The van der Waals surface area contributed by atoms with Crippen molar-refractivity contribution >= 4 is 17.5 Å². The average molecular weight is 326 g/mol. The summed E-state index contributed by atoms with van der Waals surface area (Å²) in [6.45, 7) is 1.41. The molecule has 0 radical (unpaired) electrons.